The van der Waals surface area contributed by atoms with Gasteiger partial charge in [0, 0.05) is 25.4 Å². The van der Waals surface area contributed by atoms with Crippen LogP contribution in [0.4, 0.5) is 0 Å². The Morgan fingerprint density at radius 2 is 2.30 bits per heavy atom. The topological polar surface area (TPSA) is 60.1 Å². The van der Waals surface area contributed by atoms with E-state index in [2.05, 4.69) is 26.2 Å². The number of pyridine rings is 1. The van der Waals surface area contributed by atoms with E-state index in [-0.39, 0.29) is 5.91 Å². The van der Waals surface area contributed by atoms with E-state index in [1.807, 2.05) is 31.3 Å². The van der Waals surface area contributed by atoms with Crippen LogP contribution in [-0.4, -0.2) is 15.5 Å². The molecule has 0 aliphatic heterocycles. The van der Waals surface area contributed by atoms with E-state index >= 15 is 0 Å². The Kier molecular flexibility index (Phi) is 3.31. The third-order valence-corrected chi connectivity index (χ3v) is 3.48. The van der Waals surface area contributed by atoms with Crippen LogP contribution in [0.3, 0.4) is 0 Å². The lowest BCUT2D eigenvalue weighted by Gasteiger charge is -2.05. The van der Waals surface area contributed by atoms with E-state index in [0.717, 1.165) is 11.2 Å². The molecule has 3 aromatic heterocycles. The molecule has 0 saturated carbocycles. The van der Waals surface area contributed by atoms with Crippen LogP contribution in [0.25, 0.3) is 11.1 Å². The summed E-state index contributed by atoms with van der Waals surface area (Å²) in [6.45, 7) is 0.399. The number of carbonyl (C=O) groups excluding carboxylic acids is 1. The van der Waals surface area contributed by atoms with Crippen LogP contribution in [0.15, 0.2) is 45.6 Å². The van der Waals surface area contributed by atoms with Gasteiger partial charge in [-0.1, -0.05) is 6.07 Å². The third-order valence-electron chi connectivity index (χ3n) is 3.09. The van der Waals surface area contributed by atoms with Gasteiger partial charge in [0.25, 0.3) is 5.91 Å². The lowest BCUT2D eigenvalue weighted by Crippen LogP contribution is -2.25. The zero-order chi connectivity index (χ0) is 14.1. The van der Waals surface area contributed by atoms with Gasteiger partial charge in [-0.15, -0.1) is 0 Å². The van der Waals surface area contributed by atoms with Gasteiger partial charge in [0.15, 0.2) is 10.3 Å². The number of fused-ring (bicyclic) bond motifs is 1. The summed E-state index contributed by atoms with van der Waals surface area (Å²) < 4.78 is 7.90. The number of amides is 1. The van der Waals surface area contributed by atoms with Gasteiger partial charge in [-0.2, -0.15) is 0 Å². The van der Waals surface area contributed by atoms with Crippen LogP contribution in [0.5, 0.6) is 0 Å². The van der Waals surface area contributed by atoms with Crippen LogP contribution in [0, 0.1) is 0 Å². The van der Waals surface area contributed by atoms with Gasteiger partial charge >= 0.3 is 0 Å². The number of nitrogens with zero attached hydrogens (tertiary/aromatic N) is 2. The predicted molar refractivity (Wildman–Crippen MR) is 78.3 cm³/mol. The minimum Gasteiger partial charge on any atom is -0.448 e. The Labute approximate surface area is 123 Å². The fourth-order valence-corrected chi connectivity index (χ4v) is 2.45. The molecular weight excluding hydrogens is 322 g/mol. The molecule has 102 valence electrons. The second-order valence-corrected chi connectivity index (χ2v) is 5.17. The number of nitrogens with one attached hydrogen (secondary N) is 1. The lowest BCUT2D eigenvalue weighted by molar-refractivity contribution is 0.0942. The van der Waals surface area contributed by atoms with Gasteiger partial charge in [0.05, 0.1) is 17.8 Å². The summed E-state index contributed by atoms with van der Waals surface area (Å²) in [6.07, 6.45) is 1.70. The molecule has 0 unspecified atom stereocenters. The molecule has 1 N–H and O–H groups in total. The first kappa shape index (κ1) is 12.9. The van der Waals surface area contributed by atoms with Crippen molar-refractivity contribution < 1.29 is 9.21 Å². The number of halogens is 1. The average molecular weight is 334 g/mol. The Morgan fingerprint density at radius 1 is 1.45 bits per heavy atom. The summed E-state index contributed by atoms with van der Waals surface area (Å²) in [7, 11) is 1.83. The molecule has 3 rings (SSSR count). The highest BCUT2D eigenvalue weighted by Gasteiger charge is 2.16. The number of hydrogen-bond donors (Lipinski definition) is 1. The minimum absolute atomic E-state index is 0.152. The van der Waals surface area contributed by atoms with Crippen molar-refractivity contribution in [3.05, 3.63) is 52.6 Å². The second-order valence-electron chi connectivity index (χ2n) is 4.39. The zero-order valence-electron chi connectivity index (χ0n) is 10.8. The van der Waals surface area contributed by atoms with Gasteiger partial charge in [-0.25, -0.2) is 0 Å². The van der Waals surface area contributed by atoms with Crippen molar-refractivity contribution in [2.45, 2.75) is 6.54 Å². The van der Waals surface area contributed by atoms with Crippen LogP contribution in [0.2, 0.25) is 0 Å². The smallest absolute Gasteiger partial charge is 0.268 e. The Balaban J connectivity index is 1.79. The molecule has 20 heavy (non-hydrogen) atoms. The van der Waals surface area contributed by atoms with Crippen LogP contribution < -0.4 is 5.32 Å². The van der Waals surface area contributed by atoms with Crippen molar-refractivity contribution in [2.75, 3.05) is 0 Å². The molecule has 3 aromatic rings. The molecule has 6 heteroatoms. The standard InChI is InChI=1S/C14H12BrN3O2/c1-18-10-7-13(15)20-12(10)6-11(18)14(19)17-8-9-4-2-3-5-16-9/h2-7H,8H2,1H3,(H,17,19). The number of carbonyl (C=O) groups is 1. The van der Waals surface area contributed by atoms with Crippen LogP contribution >= 0.6 is 15.9 Å². The van der Waals surface area contributed by atoms with Crippen molar-refractivity contribution in [2.24, 2.45) is 7.05 Å². The van der Waals surface area contributed by atoms with E-state index in [1.54, 1.807) is 16.8 Å². The van der Waals surface area contributed by atoms with E-state index in [1.165, 1.54) is 0 Å². The summed E-state index contributed by atoms with van der Waals surface area (Å²) in [5.41, 5.74) is 2.94. The number of furan rings is 1. The summed E-state index contributed by atoms with van der Waals surface area (Å²) in [6, 6.07) is 9.17. The Morgan fingerprint density at radius 3 is 3.00 bits per heavy atom. The summed E-state index contributed by atoms with van der Waals surface area (Å²) >= 11 is 3.27. The summed E-state index contributed by atoms with van der Waals surface area (Å²) in [5.74, 6) is -0.152. The van der Waals surface area contributed by atoms with E-state index in [4.69, 9.17) is 4.42 Å². The monoisotopic (exact) mass is 333 g/mol. The van der Waals surface area contributed by atoms with Gasteiger partial charge in [-0.3, -0.25) is 9.78 Å². The van der Waals surface area contributed by atoms with E-state index < -0.39 is 0 Å². The maximum Gasteiger partial charge on any atom is 0.268 e. The highest BCUT2D eigenvalue weighted by molar-refractivity contribution is 9.10. The molecule has 0 fully saturated rings. The van der Waals surface area contributed by atoms with Crippen molar-refractivity contribution in [1.82, 2.24) is 14.9 Å². The molecule has 3 heterocycles. The average Bonchev–Trinajstić information content (AvgIpc) is 2.96. The van der Waals surface area contributed by atoms with E-state index in [0.29, 0.717) is 22.5 Å². The molecule has 0 saturated heterocycles. The highest BCUT2D eigenvalue weighted by atomic mass is 79.9. The Bertz CT molecular complexity index is 761. The maximum absolute atomic E-state index is 12.2. The largest absolute Gasteiger partial charge is 0.448 e. The molecule has 0 aliphatic carbocycles. The summed E-state index contributed by atoms with van der Waals surface area (Å²) in [4.78, 5) is 16.3. The second kappa shape index (κ2) is 5.13. The van der Waals surface area contributed by atoms with Gasteiger partial charge in [0.2, 0.25) is 0 Å². The highest BCUT2D eigenvalue weighted by Crippen LogP contribution is 2.25. The quantitative estimate of drug-likeness (QED) is 0.801. The maximum atomic E-state index is 12.2. The van der Waals surface area contributed by atoms with Crippen LogP contribution in [-0.2, 0) is 13.6 Å². The molecule has 5 nitrogen and oxygen atoms in total. The lowest BCUT2D eigenvalue weighted by atomic mass is 10.3. The molecule has 0 radical (unpaired) electrons. The molecular formula is C14H12BrN3O2. The van der Waals surface area contributed by atoms with E-state index in [9.17, 15) is 4.79 Å². The number of aromatic nitrogens is 2. The van der Waals surface area contributed by atoms with Crippen LogP contribution in [0.1, 0.15) is 16.2 Å². The van der Waals surface area contributed by atoms with Gasteiger partial charge in [0.1, 0.15) is 5.69 Å². The first-order valence-corrected chi connectivity index (χ1v) is 6.87. The predicted octanol–water partition coefficient (Wildman–Crippen LogP) is 2.86. The Hall–Kier alpha value is -2.08. The number of rotatable bonds is 3. The fourth-order valence-electron chi connectivity index (χ4n) is 2.06. The first-order chi connectivity index (χ1) is 9.65. The van der Waals surface area contributed by atoms with Crippen molar-refractivity contribution >= 4 is 32.9 Å². The SMILES string of the molecule is Cn1c(C(=O)NCc2ccccn2)cc2oc(Br)cc21. The minimum atomic E-state index is -0.152. The molecule has 0 aliphatic rings. The fraction of sp³-hybridized carbons (Fsp3) is 0.143. The number of aryl methyl sites for hydroxylation is 1. The zero-order valence-corrected chi connectivity index (χ0v) is 12.3. The first-order valence-electron chi connectivity index (χ1n) is 6.08. The third kappa shape index (κ3) is 2.34. The molecule has 0 bridgehead atoms. The van der Waals surface area contributed by atoms with Gasteiger partial charge in [-0.05, 0) is 28.1 Å². The molecule has 1 amide bonds. The van der Waals surface area contributed by atoms with Crippen molar-refractivity contribution in [3.63, 3.8) is 0 Å². The number of hydrogen-bond acceptors (Lipinski definition) is 3. The normalized spacial score (nSPS) is 10.9. The molecule has 0 aromatic carbocycles. The summed E-state index contributed by atoms with van der Waals surface area (Å²) in [5, 5.41) is 2.85. The van der Waals surface area contributed by atoms with Crippen molar-refractivity contribution in [1.29, 1.82) is 0 Å². The molecule has 0 atom stereocenters. The van der Waals surface area contributed by atoms with Crippen molar-refractivity contribution in [3.8, 4) is 0 Å². The van der Waals surface area contributed by atoms with Gasteiger partial charge < -0.3 is 14.3 Å². The molecule has 0 spiro atoms.